The number of carbonyl (C=O) groups is 1. The molecule has 0 aromatic heterocycles. The van der Waals surface area contributed by atoms with Crippen LogP contribution in [0, 0.1) is 0 Å². The molecule has 0 fully saturated rings. The lowest BCUT2D eigenvalue weighted by atomic mass is 10.0. The summed E-state index contributed by atoms with van der Waals surface area (Å²) in [5.74, 6) is 0.104. The Morgan fingerprint density at radius 3 is 2.50 bits per heavy atom. The van der Waals surface area contributed by atoms with Crippen LogP contribution in [0.1, 0.15) is 18.4 Å². The van der Waals surface area contributed by atoms with Crippen LogP contribution < -0.4 is 5.32 Å². The van der Waals surface area contributed by atoms with E-state index >= 15 is 0 Å². The highest BCUT2D eigenvalue weighted by Gasteiger charge is 2.16. The van der Waals surface area contributed by atoms with Crippen molar-refractivity contribution in [2.24, 2.45) is 0 Å². The van der Waals surface area contributed by atoms with Gasteiger partial charge in [0, 0.05) is 5.92 Å². The Balaban J connectivity index is 2.65. The first-order valence-electron chi connectivity index (χ1n) is 4.29. The first-order chi connectivity index (χ1) is 6.61. The molecule has 0 aliphatic rings. The molecule has 0 saturated heterocycles. The maximum absolute atomic E-state index is 10.4. The maximum Gasteiger partial charge on any atom is 0.405 e. The zero-order valence-electron chi connectivity index (χ0n) is 7.77. The third-order valence-electron chi connectivity index (χ3n) is 2.03. The molecule has 0 heterocycles. The number of alkyl halides is 1. The van der Waals surface area contributed by atoms with E-state index in [1.807, 2.05) is 37.3 Å². The Morgan fingerprint density at radius 2 is 2.00 bits per heavy atom. The van der Waals surface area contributed by atoms with Crippen LogP contribution in [-0.4, -0.2) is 16.2 Å². The van der Waals surface area contributed by atoms with Crippen LogP contribution in [0.15, 0.2) is 30.3 Å². The minimum atomic E-state index is -1.02. The minimum Gasteiger partial charge on any atom is -0.465 e. The fraction of sp³-hybridized carbons (Fsp3) is 0.300. The van der Waals surface area contributed by atoms with Crippen molar-refractivity contribution in [2.75, 3.05) is 0 Å². The Kier molecular flexibility index (Phi) is 3.95. The van der Waals surface area contributed by atoms with Crippen LogP contribution in [0.25, 0.3) is 0 Å². The average molecular weight is 258 g/mol. The number of halogens is 1. The van der Waals surface area contributed by atoms with Crippen molar-refractivity contribution in [1.82, 2.24) is 5.32 Å². The van der Waals surface area contributed by atoms with E-state index in [2.05, 4.69) is 21.2 Å². The molecule has 1 aromatic carbocycles. The van der Waals surface area contributed by atoms with Gasteiger partial charge >= 0.3 is 6.09 Å². The zero-order chi connectivity index (χ0) is 10.6. The van der Waals surface area contributed by atoms with E-state index in [0.29, 0.717) is 0 Å². The number of hydrogen-bond acceptors (Lipinski definition) is 1. The van der Waals surface area contributed by atoms with Gasteiger partial charge in [-0.15, -0.1) is 0 Å². The summed E-state index contributed by atoms with van der Waals surface area (Å²) in [6, 6.07) is 9.76. The van der Waals surface area contributed by atoms with Crippen molar-refractivity contribution in [3.8, 4) is 0 Å². The van der Waals surface area contributed by atoms with Gasteiger partial charge in [0.2, 0.25) is 0 Å². The summed E-state index contributed by atoms with van der Waals surface area (Å²) in [5, 5.41) is 10.9. The first kappa shape index (κ1) is 11.0. The van der Waals surface area contributed by atoms with Crippen LogP contribution >= 0.6 is 15.9 Å². The van der Waals surface area contributed by atoms with E-state index in [1.165, 1.54) is 0 Å². The molecular formula is C10H12BrNO2. The number of carboxylic acid groups (broad SMARTS) is 1. The smallest absolute Gasteiger partial charge is 0.405 e. The molecule has 0 aliphatic heterocycles. The van der Waals surface area contributed by atoms with Crippen LogP contribution in [-0.2, 0) is 0 Å². The predicted octanol–water partition coefficient (Wildman–Crippen LogP) is 2.78. The maximum atomic E-state index is 10.4. The summed E-state index contributed by atoms with van der Waals surface area (Å²) in [5.41, 5.74) is 1.10. The SMILES string of the molecule is CC(c1ccccc1)C(Br)NC(=O)O. The first-order valence-corrected chi connectivity index (χ1v) is 5.21. The van der Waals surface area contributed by atoms with E-state index < -0.39 is 6.09 Å². The number of hydrogen-bond donors (Lipinski definition) is 2. The van der Waals surface area contributed by atoms with Crippen LogP contribution in [0.5, 0.6) is 0 Å². The standard InChI is InChI=1S/C10H12BrNO2/c1-7(9(11)12-10(13)14)8-5-3-2-4-6-8/h2-7,9,12H,1H3,(H,13,14). The van der Waals surface area contributed by atoms with E-state index in [4.69, 9.17) is 5.11 Å². The Bertz CT molecular complexity index is 302. The Hall–Kier alpha value is -1.03. The van der Waals surface area contributed by atoms with Gasteiger partial charge in [0.1, 0.15) is 0 Å². The highest BCUT2D eigenvalue weighted by molar-refractivity contribution is 9.09. The molecule has 1 amide bonds. The van der Waals surface area contributed by atoms with Gasteiger partial charge < -0.3 is 10.4 Å². The lowest BCUT2D eigenvalue weighted by Crippen LogP contribution is -2.32. The van der Waals surface area contributed by atoms with Gasteiger partial charge in [0.15, 0.2) is 0 Å². The number of rotatable bonds is 3. The molecule has 0 radical (unpaired) electrons. The van der Waals surface area contributed by atoms with Crippen molar-refractivity contribution in [1.29, 1.82) is 0 Å². The molecule has 0 saturated carbocycles. The minimum absolute atomic E-state index is 0.104. The summed E-state index contributed by atoms with van der Waals surface area (Å²) < 4.78 is 0. The van der Waals surface area contributed by atoms with Crippen molar-refractivity contribution in [3.05, 3.63) is 35.9 Å². The molecule has 0 aliphatic carbocycles. The second-order valence-corrected chi connectivity index (χ2v) is 4.04. The molecule has 2 atom stereocenters. The van der Waals surface area contributed by atoms with Crippen molar-refractivity contribution in [3.63, 3.8) is 0 Å². The van der Waals surface area contributed by atoms with Gasteiger partial charge in [-0.25, -0.2) is 4.79 Å². The summed E-state index contributed by atoms with van der Waals surface area (Å²) >= 11 is 3.29. The van der Waals surface area contributed by atoms with Gasteiger partial charge in [-0.2, -0.15) is 0 Å². The van der Waals surface area contributed by atoms with Crippen LogP contribution in [0.3, 0.4) is 0 Å². The third kappa shape index (κ3) is 3.03. The fourth-order valence-corrected chi connectivity index (χ4v) is 1.67. The molecular weight excluding hydrogens is 246 g/mol. The second-order valence-electron chi connectivity index (χ2n) is 3.05. The highest BCUT2D eigenvalue weighted by Crippen LogP contribution is 2.22. The fourth-order valence-electron chi connectivity index (χ4n) is 1.17. The van der Waals surface area contributed by atoms with Crippen LogP contribution in [0.2, 0.25) is 0 Å². The molecule has 3 nitrogen and oxygen atoms in total. The van der Waals surface area contributed by atoms with E-state index in [9.17, 15) is 4.79 Å². The summed E-state index contributed by atoms with van der Waals surface area (Å²) in [6.07, 6.45) is -1.02. The predicted molar refractivity (Wildman–Crippen MR) is 58.7 cm³/mol. The highest BCUT2D eigenvalue weighted by atomic mass is 79.9. The molecule has 0 spiro atoms. The lowest BCUT2D eigenvalue weighted by Gasteiger charge is -2.18. The normalized spacial score (nSPS) is 14.4. The van der Waals surface area contributed by atoms with Gasteiger partial charge in [-0.1, -0.05) is 53.2 Å². The topological polar surface area (TPSA) is 49.3 Å². The van der Waals surface area contributed by atoms with E-state index in [0.717, 1.165) is 5.56 Å². The molecule has 2 unspecified atom stereocenters. The second kappa shape index (κ2) is 5.00. The Morgan fingerprint density at radius 1 is 1.43 bits per heavy atom. The molecule has 4 heteroatoms. The van der Waals surface area contributed by atoms with Gasteiger partial charge in [-0.3, -0.25) is 0 Å². The van der Waals surface area contributed by atoms with Gasteiger partial charge in [0.05, 0.1) is 4.95 Å². The average Bonchev–Trinajstić information content (AvgIpc) is 2.17. The number of benzene rings is 1. The van der Waals surface area contributed by atoms with E-state index in [-0.39, 0.29) is 10.9 Å². The monoisotopic (exact) mass is 257 g/mol. The van der Waals surface area contributed by atoms with Gasteiger partial charge in [0.25, 0.3) is 0 Å². The van der Waals surface area contributed by atoms with Crippen molar-refractivity contribution in [2.45, 2.75) is 17.8 Å². The Labute approximate surface area is 91.3 Å². The zero-order valence-corrected chi connectivity index (χ0v) is 9.36. The molecule has 76 valence electrons. The summed E-state index contributed by atoms with van der Waals surface area (Å²) in [6.45, 7) is 1.96. The van der Waals surface area contributed by atoms with Crippen molar-refractivity contribution >= 4 is 22.0 Å². The molecule has 2 N–H and O–H groups in total. The van der Waals surface area contributed by atoms with E-state index in [1.54, 1.807) is 0 Å². The summed E-state index contributed by atoms with van der Waals surface area (Å²) in [7, 11) is 0. The lowest BCUT2D eigenvalue weighted by molar-refractivity contribution is 0.193. The molecule has 14 heavy (non-hydrogen) atoms. The summed E-state index contributed by atoms with van der Waals surface area (Å²) in [4.78, 5) is 10.1. The largest absolute Gasteiger partial charge is 0.465 e. The number of amides is 1. The van der Waals surface area contributed by atoms with Crippen molar-refractivity contribution < 1.29 is 9.90 Å². The molecule has 1 aromatic rings. The third-order valence-corrected chi connectivity index (χ3v) is 3.05. The van der Waals surface area contributed by atoms with Gasteiger partial charge in [-0.05, 0) is 5.56 Å². The molecule has 1 rings (SSSR count). The number of nitrogens with one attached hydrogen (secondary N) is 1. The molecule has 0 bridgehead atoms. The quantitative estimate of drug-likeness (QED) is 0.647. The van der Waals surface area contributed by atoms with Crippen LogP contribution in [0.4, 0.5) is 4.79 Å².